The van der Waals surface area contributed by atoms with Crippen molar-refractivity contribution in [3.8, 4) is 5.75 Å². The highest BCUT2D eigenvalue weighted by molar-refractivity contribution is 9.10. The molecule has 0 bridgehead atoms. The Balaban J connectivity index is 1.92. The SMILES string of the molecule is CC1(C)CC(Nc2ccc(Br)c(Cl)c2)c2ccccc2O1. The maximum absolute atomic E-state index is 6.18. The topological polar surface area (TPSA) is 21.3 Å². The van der Waals surface area contributed by atoms with Crippen molar-refractivity contribution in [2.45, 2.75) is 31.9 Å². The van der Waals surface area contributed by atoms with E-state index in [2.05, 4.69) is 41.2 Å². The minimum absolute atomic E-state index is 0.189. The average molecular weight is 367 g/mol. The lowest BCUT2D eigenvalue weighted by atomic mass is 9.89. The summed E-state index contributed by atoms with van der Waals surface area (Å²) < 4.78 is 6.96. The summed E-state index contributed by atoms with van der Waals surface area (Å²) in [5, 5.41) is 4.28. The van der Waals surface area contributed by atoms with Crippen LogP contribution in [0.15, 0.2) is 46.9 Å². The van der Waals surface area contributed by atoms with Crippen molar-refractivity contribution in [2.24, 2.45) is 0 Å². The van der Waals surface area contributed by atoms with Gasteiger partial charge in [-0.05, 0) is 54.0 Å². The summed E-state index contributed by atoms with van der Waals surface area (Å²) >= 11 is 9.59. The monoisotopic (exact) mass is 365 g/mol. The third kappa shape index (κ3) is 3.19. The number of para-hydroxylation sites is 1. The van der Waals surface area contributed by atoms with Crippen molar-refractivity contribution < 1.29 is 4.74 Å². The van der Waals surface area contributed by atoms with Gasteiger partial charge in [0, 0.05) is 22.1 Å². The number of hydrogen-bond donors (Lipinski definition) is 1. The van der Waals surface area contributed by atoms with E-state index in [1.165, 1.54) is 5.56 Å². The van der Waals surface area contributed by atoms with Gasteiger partial charge in [-0.15, -0.1) is 0 Å². The molecule has 1 N–H and O–H groups in total. The van der Waals surface area contributed by atoms with Gasteiger partial charge >= 0.3 is 0 Å². The van der Waals surface area contributed by atoms with E-state index >= 15 is 0 Å². The van der Waals surface area contributed by atoms with E-state index in [0.29, 0.717) is 5.02 Å². The summed E-state index contributed by atoms with van der Waals surface area (Å²) in [7, 11) is 0. The van der Waals surface area contributed by atoms with E-state index in [0.717, 1.165) is 22.3 Å². The van der Waals surface area contributed by atoms with E-state index in [1.807, 2.05) is 36.4 Å². The third-order valence-electron chi connectivity index (χ3n) is 3.64. The number of halogens is 2. The van der Waals surface area contributed by atoms with Gasteiger partial charge in [0.15, 0.2) is 0 Å². The fraction of sp³-hybridized carbons (Fsp3) is 0.294. The number of ether oxygens (including phenoxy) is 1. The third-order valence-corrected chi connectivity index (χ3v) is 4.87. The second kappa shape index (κ2) is 5.54. The quantitative estimate of drug-likeness (QED) is 0.723. The molecule has 0 aliphatic carbocycles. The van der Waals surface area contributed by atoms with Gasteiger partial charge in [0.2, 0.25) is 0 Å². The van der Waals surface area contributed by atoms with Crippen LogP contribution >= 0.6 is 27.5 Å². The van der Waals surface area contributed by atoms with Crippen LogP contribution in [0.1, 0.15) is 31.9 Å². The maximum Gasteiger partial charge on any atom is 0.125 e. The molecule has 2 aromatic rings. The Hall–Kier alpha value is -1.19. The zero-order chi connectivity index (χ0) is 15.0. The van der Waals surface area contributed by atoms with Crippen LogP contribution in [0, 0.1) is 0 Å². The van der Waals surface area contributed by atoms with Crippen molar-refractivity contribution >= 4 is 33.2 Å². The average Bonchev–Trinajstić information content (AvgIpc) is 2.42. The van der Waals surface area contributed by atoms with Gasteiger partial charge in [-0.25, -0.2) is 0 Å². The lowest BCUT2D eigenvalue weighted by Gasteiger charge is -2.38. The van der Waals surface area contributed by atoms with Crippen molar-refractivity contribution in [3.05, 3.63) is 57.5 Å². The lowest BCUT2D eigenvalue weighted by molar-refractivity contribution is 0.0759. The normalized spacial score (nSPS) is 19.5. The Bertz CT molecular complexity index is 672. The summed E-state index contributed by atoms with van der Waals surface area (Å²) in [6.45, 7) is 4.23. The summed E-state index contributed by atoms with van der Waals surface area (Å²) in [6, 6.07) is 14.3. The molecular formula is C17H17BrClNO. The standard InChI is InChI=1S/C17H17BrClNO/c1-17(2)10-15(12-5-3-4-6-16(12)21-17)20-11-7-8-13(18)14(19)9-11/h3-9,15,20H,10H2,1-2H3. The first-order chi connectivity index (χ1) is 9.94. The van der Waals surface area contributed by atoms with Gasteiger partial charge in [-0.1, -0.05) is 29.8 Å². The van der Waals surface area contributed by atoms with E-state index < -0.39 is 0 Å². The number of fused-ring (bicyclic) bond motifs is 1. The molecule has 4 heteroatoms. The molecular weight excluding hydrogens is 350 g/mol. The predicted octanol–water partition coefficient (Wildman–Crippen LogP) is 5.82. The highest BCUT2D eigenvalue weighted by Crippen LogP contribution is 2.41. The summed E-state index contributed by atoms with van der Waals surface area (Å²) in [4.78, 5) is 0. The molecule has 1 unspecified atom stereocenters. The smallest absolute Gasteiger partial charge is 0.125 e. The summed E-state index contributed by atoms with van der Waals surface area (Å²) in [5.41, 5.74) is 2.02. The zero-order valence-electron chi connectivity index (χ0n) is 12.0. The Kier molecular flexibility index (Phi) is 3.89. The molecule has 1 aliphatic rings. The van der Waals surface area contributed by atoms with E-state index in [9.17, 15) is 0 Å². The molecule has 0 fully saturated rings. The van der Waals surface area contributed by atoms with E-state index in [4.69, 9.17) is 16.3 Å². The molecule has 3 rings (SSSR count). The van der Waals surface area contributed by atoms with Gasteiger partial charge in [-0.2, -0.15) is 0 Å². The molecule has 1 heterocycles. The first-order valence-corrected chi connectivity index (χ1v) is 8.11. The second-order valence-corrected chi connectivity index (χ2v) is 7.19. The molecule has 0 saturated heterocycles. The Morgan fingerprint density at radius 2 is 2.00 bits per heavy atom. The Morgan fingerprint density at radius 3 is 2.76 bits per heavy atom. The van der Waals surface area contributed by atoms with Crippen LogP contribution in [0.5, 0.6) is 5.75 Å². The fourth-order valence-corrected chi connectivity index (χ4v) is 3.15. The molecule has 1 atom stereocenters. The first-order valence-electron chi connectivity index (χ1n) is 6.94. The van der Waals surface area contributed by atoms with Crippen LogP contribution in [-0.4, -0.2) is 5.60 Å². The van der Waals surface area contributed by atoms with Gasteiger partial charge in [0.1, 0.15) is 11.4 Å². The lowest BCUT2D eigenvalue weighted by Crippen LogP contribution is -2.37. The van der Waals surface area contributed by atoms with Crippen LogP contribution in [-0.2, 0) is 0 Å². The number of rotatable bonds is 2. The van der Waals surface area contributed by atoms with E-state index in [1.54, 1.807) is 0 Å². The van der Waals surface area contributed by atoms with Crippen LogP contribution < -0.4 is 10.1 Å². The van der Waals surface area contributed by atoms with Crippen LogP contribution in [0.2, 0.25) is 5.02 Å². The first kappa shape index (κ1) is 14.7. The molecule has 110 valence electrons. The van der Waals surface area contributed by atoms with Crippen LogP contribution in [0.3, 0.4) is 0 Å². The molecule has 0 radical (unpaired) electrons. The molecule has 2 aromatic carbocycles. The van der Waals surface area contributed by atoms with Crippen molar-refractivity contribution in [1.29, 1.82) is 0 Å². The second-order valence-electron chi connectivity index (χ2n) is 5.93. The van der Waals surface area contributed by atoms with E-state index in [-0.39, 0.29) is 11.6 Å². The van der Waals surface area contributed by atoms with Gasteiger partial charge in [-0.3, -0.25) is 0 Å². The van der Waals surface area contributed by atoms with Crippen LogP contribution in [0.4, 0.5) is 5.69 Å². The Morgan fingerprint density at radius 1 is 1.24 bits per heavy atom. The minimum Gasteiger partial charge on any atom is -0.487 e. The van der Waals surface area contributed by atoms with Crippen LogP contribution in [0.25, 0.3) is 0 Å². The largest absolute Gasteiger partial charge is 0.487 e. The highest BCUT2D eigenvalue weighted by Gasteiger charge is 2.33. The zero-order valence-corrected chi connectivity index (χ0v) is 14.3. The molecule has 2 nitrogen and oxygen atoms in total. The molecule has 0 saturated carbocycles. The number of anilines is 1. The Labute approximate surface area is 138 Å². The van der Waals surface area contributed by atoms with Gasteiger partial charge in [0.05, 0.1) is 11.1 Å². The maximum atomic E-state index is 6.18. The highest BCUT2D eigenvalue weighted by atomic mass is 79.9. The number of nitrogens with one attached hydrogen (secondary N) is 1. The molecule has 0 aromatic heterocycles. The van der Waals surface area contributed by atoms with Crippen molar-refractivity contribution in [1.82, 2.24) is 0 Å². The summed E-state index contributed by atoms with van der Waals surface area (Å²) in [5.74, 6) is 0.953. The summed E-state index contributed by atoms with van der Waals surface area (Å²) in [6.07, 6.45) is 0.900. The van der Waals surface area contributed by atoms with Gasteiger partial charge in [0.25, 0.3) is 0 Å². The molecule has 0 amide bonds. The molecule has 1 aliphatic heterocycles. The predicted molar refractivity (Wildman–Crippen MR) is 91.3 cm³/mol. The van der Waals surface area contributed by atoms with Crippen molar-refractivity contribution in [3.63, 3.8) is 0 Å². The molecule has 21 heavy (non-hydrogen) atoms. The fourth-order valence-electron chi connectivity index (χ4n) is 2.72. The number of hydrogen-bond acceptors (Lipinski definition) is 2. The minimum atomic E-state index is -0.189. The van der Waals surface area contributed by atoms with Gasteiger partial charge < -0.3 is 10.1 Å². The molecule has 0 spiro atoms. The van der Waals surface area contributed by atoms with Crippen molar-refractivity contribution in [2.75, 3.05) is 5.32 Å². The number of benzene rings is 2.